The number of ketones is 1. The zero-order chi connectivity index (χ0) is 17.7. The molecule has 0 bridgehead atoms. The summed E-state index contributed by atoms with van der Waals surface area (Å²) in [6, 6.07) is 14.5. The summed E-state index contributed by atoms with van der Waals surface area (Å²) < 4.78 is 0. The molecule has 0 radical (unpaired) electrons. The number of aliphatic carboxylic acids is 1. The maximum absolute atomic E-state index is 12.6. The number of hydrogen-bond donors (Lipinski definition) is 1. The molecule has 0 saturated heterocycles. The van der Waals surface area contributed by atoms with Gasteiger partial charge in [-0.05, 0) is 43.0 Å². The Bertz CT molecular complexity index is 744. The fraction of sp³-hybridized carbons (Fsp3) is 0.263. The van der Waals surface area contributed by atoms with Gasteiger partial charge in [0, 0.05) is 6.42 Å². The molecule has 1 atom stereocenters. The number of benzene rings is 2. The molecule has 3 nitrogen and oxygen atoms in total. The number of Topliss-reactive ketones (excluding diaryl/α,β-unsaturated/α-hetero) is 1. The Morgan fingerprint density at radius 1 is 1.04 bits per heavy atom. The second kappa shape index (κ2) is 7.82. The molecule has 2 aromatic carbocycles. The van der Waals surface area contributed by atoms with Gasteiger partial charge in [0.25, 0.3) is 0 Å². The zero-order valence-corrected chi connectivity index (χ0v) is 14.8. The number of hydrogen-bond acceptors (Lipinski definition) is 2. The van der Waals surface area contributed by atoms with Gasteiger partial charge in [-0.2, -0.15) is 0 Å². The molecule has 24 heavy (non-hydrogen) atoms. The predicted octanol–water partition coefficient (Wildman–Crippen LogP) is 4.93. The molecular weight excluding hydrogens is 347 g/mol. The molecule has 0 fully saturated rings. The minimum Gasteiger partial charge on any atom is -0.481 e. The summed E-state index contributed by atoms with van der Waals surface area (Å²) >= 11 is 12.0. The van der Waals surface area contributed by atoms with Crippen LogP contribution in [0.4, 0.5) is 0 Å². The van der Waals surface area contributed by atoms with Crippen LogP contribution in [0.2, 0.25) is 10.0 Å². The predicted molar refractivity (Wildman–Crippen MR) is 95.8 cm³/mol. The van der Waals surface area contributed by atoms with Gasteiger partial charge in [-0.3, -0.25) is 9.59 Å². The van der Waals surface area contributed by atoms with Gasteiger partial charge >= 0.3 is 5.97 Å². The molecule has 0 spiro atoms. The lowest BCUT2D eigenvalue weighted by molar-refractivity contribution is -0.137. The fourth-order valence-corrected chi connectivity index (χ4v) is 3.23. The second-order valence-corrected chi connectivity index (χ2v) is 6.64. The topological polar surface area (TPSA) is 54.4 Å². The van der Waals surface area contributed by atoms with Crippen LogP contribution in [0.25, 0.3) is 0 Å². The van der Waals surface area contributed by atoms with Gasteiger partial charge < -0.3 is 5.11 Å². The van der Waals surface area contributed by atoms with E-state index in [1.165, 1.54) is 6.92 Å². The SMILES string of the molecule is CC(=O)C(CCC(=O)O)(Cc1ccc(Cl)c(Cl)c1)c1ccccc1. The zero-order valence-electron chi connectivity index (χ0n) is 13.3. The standard InChI is InChI=1S/C19H18Cl2O3/c1-13(22)19(10-9-18(23)24,15-5-3-2-4-6-15)12-14-7-8-16(20)17(21)11-14/h2-8,11H,9-10,12H2,1H3,(H,23,24). The molecule has 0 saturated carbocycles. The van der Waals surface area contributed by atoms with Crippen LogP contribution in [-0.4, -0.2) is 16.9 Å². The van der Waals surface area contributed by atoms with Crippen molar-refractivity contribution in [3.05, 3.63) is 69.7 Å². The van der Waals surface area contributed by atoms with E-state index in [1.807, 2.05) is 36.4 Å². The summed E-state index contributed by atoms with van der Waals surface area (Å²) in [5.74, 6) is -0.994. The first-order chi connectivity index (χ1) is 11.3. The highest BCUT2D eigenvalue weighted by molar-refractivity contribution is 6.42. The summed E-state index contributed by atoms with van der Waals surface area (Å²) in [5, 5.41) is 9.96. The second-order valence-electron chi connectivity index (χ2n) is 5.82. The van der Waals surface area contributed by atoms with Crippen molar-refractivity contribution in [1.29, 1.82) is 0 Å². The number of rotatable bonds is 7. The van der Waals surface area contributed by atoms with Gasteiger partial charge in [0.05, 0.1) is 15.5 Å². The van der Waals surface area contributed by atoms with Crippen molar-refractivity contribution in [3.8, 4) is 0 Å². The Morgan fingerprint density at radius 3 is 2.25 bits per heavy atom. The molecule has 0 aliphatic heterocycles. The molecule has 0 aliphatic rings. The van der Waals surface area contributed by atoms with E-state index in [1.54, 1.807) is 12.1 Å². The third-order valence-electron chi connectivity index (χ3n) is 4.26. The maximum Gasteiger partial charge on any atom is 0.303 e. The normalized spacial score (nSPS) is 13.3. The molecule has 0 heterocycles. The largest absolute Gasteiger partial charge is 0.481 e. The van der Waals surface area contributed by atoms with E-state index in [2.05, 4.69) is 0 Å². The monoisotopic (exact) mass is 364 g/mol. The lowest BCUT2D eigenvalue weighted by atomic mass is 9.69. The number of carbonyl (C=O) groups is 2. The fourth-order valence-electron chi connectivity index (χ4n) is 2.91. The summed E-state index contributed by atoms with van der Waals surface area (Å²) in [6.07, 6.45) is 0.508. The molecule has 5 heteroatoms. The molecule has 0 amide bonds. The summed E-state index contributed by atoms with van der Waals surface area (Å²) in [6.45, 7) is 1.51. The van der Waals surface area contributed by atoms with Crippen molar-refractivity contribution >= 4 is 35.0 Å². The van der Waals surface area contributed by atoms with E-state index in [-0.39, 0.29) is 18.6 Å². The molecule has 2 aromatic rings. The minimum absolute atomic E-state index is 0.0685. The molecule has 2 rings (SSSR count). The maximum atomic E-state index is 12.6. The third-order valence-corrected chi connectivity index (χ3v) is 4.99. The van der Waals surface area contributed by atoms with E-state index in [0.29, 0.717) is 16.5 Å². The van der Waals surface area contributed by atoms with Crippen molar-refractivity contribution in [2.75, 3.05) is 0 Å². The number of carbonyl (C=O) groups excluding carboxylic acids is 1. The lowest BCUT2D eigenvalue weighted by Gasteiger charge is -2.32. The molecular formula is C19H18Cl2O3. The van der Waals surface area contributed by atoms with Gasteiger partial charge in [0.1, 0.15) is 5.78 Å². The van der Waals surface area contributed by atoms with Gasteiger partial charge in [-0.15, -0.1) is 0 Å². The Morgan fingerprint density at radius 2 is 1.71 bits per heavy atom. The smallest absolute Gasteiger partial charge is 0.303 e. The van der Waals surface area contributed by atoms with Gasteiger partial charge in [0.2, 0.25) is 0 Å². The Hall–Kier alpha value is -1.84. The molecule has 1 unspecified atom stereocenters. The number of carboxylic acid groups (broad SMARTS) is 1. The van der Waals surface area contributed by atoms with Crippen LogP contribution in [0, 0.1) is 0 Å². The minimum atomic E-state index is -0.925. The first kappa shape index (κ1) is 18.5. The highest BCUT2D eigenvalue weighted by Gasteiger charge is 2.37. The van der Waals surface area contributed by atoms with Crippen LogP contribution < -0.4 is 0 Å². The summed E-state index contributed by atoms with van der Waals surface area (Å²) in [4.78, 5) is 23.7. The Kier molecular flexibility index (Phi) is 6.03. The van der Waals surface area contributed by atoms with Crippen LogP contribution in [0.1, 0.15) is 30.9 Å². The summed E-state index contributed by atoms with van der Waals surface area (Å²) in [7, 11) is 0. The van der Waals surface area contributed by atoms with Crippen LogP contribution >= 0.6 is 23.2 Å². The average molecular weight is 365 g/mol. The quantitative estimate of drug-likeness (QED) is 0.757. The third kappa shape index (κ3) is 4.16. The molecule has 126 valence electrons. The van der Waals surface area contributed by atoms with Gasteiger partial charge in [-0.25, -0.2) is 0 Å². The lowest BCUT2D eigenvalue weighted by Crippen LogP contribution is -2.37. The van der Waals surface area contributed by atoms with Crippen molar-refractivity contribution in [2.45, 2.75) is 31.6 Å². The molecule has 0 aromatic heterocycles. The number of halogens is 2. The van der Waals surface area contributed by atoms with Crippen LogP contribution in [0.15, 0.2) is 48.5 Å². The number of carboxylic acids is 1. The van der Waals surface area contributed by atoms with Crippen molar-refractivity contribution in [3.63, 3.8) is 0 Å². The van der Waals surface area contributed by atoms with Crippen LogP contribution in [0.3, 0.4) is 0 Å². The van der Waals surface area contributed by atoms with Crippen LogP contribution in [0.5, 0.6) is 0 Å². The van der Waals surface area contributed by atoms with Crippen molar-refractivity contribution < 1.29 is 14.7 Å². The average Bonchev–Trinajstić information content (AvgIpc) is 2.55. The summed E-state index contributed by atoms with van der Waals surface area (Å²) in [5.41, 5.74) is 0.746. The Labute approximate surface area is 151 Å². The van der Waals surface area contributed by atoms with E-state index in [0.717, 1.165) is 11.1 Å². The van der Waals surface area contributed by atoms with E-state index in [4.69, 9.17) is 28.3 Å². The highest BCUT2D eigenvalue weighted by Crippen LogP contribution is 2.36. The Balaban J connectivity index is 2.49. The van der Waals surface area contributed by atoms with Crippen LogP contribution in [-0.2, 0) is 21.4 Å². The molecule has 0 aliphatic carbocycles. The molecule has 1 N–H and O–H groups in total. The van der Waals surface area contributed by atoms with E-state index in [9.17, 15) is 9.59 Å². The van der Waals surface area contributed by atoms with Gasteiger partial charge in [-0.1, -0.05) is 59.6 Å². The highest BCUT2D eigenvalue weighted by atomic mass is 35.5. The van der Waals surface area contributed by atoms with Crippen molar-refractivity contribution in [1.82, 2.24) is 0 Å². The van der Waals surface area contributed by atoms with E-state index >= 15 is 0 Å². The van der Waals surface area contributed by atoms with Crippen molar-refractivity contribution in [2.24, 2.45) is 0 Å². The van der Waals surface area contributed by atoms with Gasteiger partial charge in [0.15, 0.2) is 0 Å². The first-order valence-corrected chi connectivity index (χ1v) is 8.33. The van der Waals surface area contributed by atoms with E-state index < -0.39 is 11.4 Å². The first-order valence-electron chi connectivity index (χ1n) is 7.57.